The number of aryl methyl sites for hydroxylation is 1. The second kappa shape index (κ2) is 8.89. The molecule has 0 spiro atoms. The highest BCUT2D eigenvalue weighted by atomic mass is 35.5. The molecule has 4 rings (SSSR count). The third-order valence-corrected chi connectivity index (χ3v) is 6.23. The zero-order chi connectivity index (χ0) is 25.7. The van der Waals surface area contributed by atoms with Gasteiger partial charge in [0.05, 0.1) is 17.7 Å². The van der Waals surface area contributed by atoms with Crippen molar-refractivity contribution in [2.45, 2.75) is 39.2 Å². The first-order chi connectivity index (χ1) is 16.4. The maximum atomic E-state index is 13.8. The summed E-state index contributed by atoms with van der Waals surface area (Å²) in [5, 5.41) is 11.2. The number of benzene rings is 2. The number of furan rings is 1. The highest BCUT2D eigenvalue weighted by Crippen LogP contribution is 2.44. The molecule has 0 bridgehead atoms. The van der Waals surface area contributed by atoms with Gasteiger partial charge in [-0.1, -0.05) is 32.4 Å². The molecular weight excluding hydrogens is 473 g/mol. The summed E-state index contributed by atoms with van der Waals surface area (Å²) < 4.78 is 25.1. The predicted molar refractivity (Wildman–Crippen MR) is 131 cm³/mol. The number of Topliss-reactive ketones (excluding diaryl/α,β-unsaturated/α-hetero) is 1. The minimum absolute atomic E-state index is 0.144. The molecule has 0 aliphatic carbocycles. The molecule has 3 aromatic rings. The maximum absolute atomic E-state index is 13.8. The van der Waals surface area contributed by atoms with Gasteiger partial charge in [-0.3, -0.25) is 14.5 Å². The number of halogens is 2. The molecule has 35 heavy (non-hydrogen) atoms. The van der Waals surface area contributed by atoms with Crippen molar-refractivity contribution in [1.82, 2.24) is 0 Å². The summed E-state index contributed by atoms with van der Waals surface area (Å²) in [6.45, 7) is 7.72. The number of anilines is 1. The summed E-state index contributed by atoms with van der Waals surface area (Å²) in [5.41, 5.74) is 0.889. The summed E-state index contributed by atoms with van der Waals surface area (Å²) in [4.78, 5) is 27.6. The molecule has 0 saturated carbocycles. The van der Waals surface area contributed by atoms with Gasteiger partial charge in [-0.15, -0.1) is 0 Å². The van der Waals surface area contributed by atoms with Crippen molar-refractivity contribution in [2.24, 2.45) is 0 Å². The summed E-state index contributed by atoms with van der Waals surface area (Å²) in [6.07, 6.45) is 0. The van der Waals surface area contributed by atoms with Crippen LogP contribution in [0.4, 0.5) is 10.1 Å². The minimum atomic E-state index is -1.08. The average Bonchev–Trinajstić information content (AvgIpc) is 3.35. The fourth-order valence-corrected chi connectivity index (χ4v) is 4.37. The van der Waals surface area contributed by atoms with Crippen molar-refractivity contribution < 1.29 is 28.2 Å². The van der Waals surface area contributed by atoms with E-state index in [4.69, 9.17) is 20.8 Å². The van der Waals surface area contributed by atoms with Gasteiger partial charge in [-0.05, 0) is 60.9 Å². The number of carbonyl (C=O) groups excluding carboxylic acids is 2. The van der Waals surface area contributed by atoms with Crippen molar-refractivity contribution in [1.29, 1.82) is 0 Å². The molecule has 2 heterocycles. The standard InChI is InChI=1S/C27H25ClFNO5/c1-14-6-10-21(35-14)23-22(24(31)15-7-11-20(34-5)17(12-15)27(2,3)4)25(32)26(33)30(23)16-8-9-19(29)18(28)13-16/h6-13,23,31H,1-5H3/b24-22-. The molecule has 6 nitrogen and oxygen atoms in total. The van der Waals surface area contributed by atoms with Gasteiger partial charge in [0, 0.05) is 16.8 Å². The number of rotatable bonds is 4. The Morgan fingerprint density at radius 2 is 1.83 bits per heavy atom. The molecule has 1 aliphatic rings. The Morgan fingerprint density at radius 3 is 2.40 bits per heavy atom. The smallest absolute Gasteiger partial charge is 0.300 e. The first-order valence-electron chi connectivity index (χ1n) is 10.9. The highest BCUT2D eigenvalue weighted by molar-refractivity contribution is 6.51. The fraction of sp³-hybridized carbons (Fsp3) is 0.259. The molecule has 1 atom stereocenters. The summed E-state index contributed by atoms with van der Waals surface area (Å²) in [6, 6.07) is 11.0. The van der Waals surface area contributed by atoms with Crippen LogP contribution in [-0.4, -0.2) is 23.9 Å². The second-order valence-electron chi connectivity index (χ2n) is 9.38. The third kappa shape index (κ3) is 4.32. The zero-order valence-corrected chi connectivity index (χ0v) is 20.7. The minimum Gasteiger partial charge on any atom is -0.507 e. The Balaban J connectivity index is 1.95. The summed E-state index contributed by atoms with van der Waals surface area (Å²) >= 11 is 5.96. The summed E-state index contributed by atoms with van der Waals surface area (Å²) in [7, 11) is 1.56. The number of ketones is 1. The lowest BCUT2D eigenvalue weighted by Gasteiger charge is -2.24. The van der Waals surface area contributed by atoms with Crippen LogP contribution in [0.1, 0.15) is 49.5 Å². The van der Waals surface area contributed by atoms with E-state index in [2.05, 4.69) is 0 Å². The first kappa shape index (κ1) is 24.5. The Labute approximate surface area is 207 Å². The van der Waals surface area contributed by atoms with Crippen LogP contribution in [0.5, 0.6) is 5.75 Å². The van der Waals surface area contributed by atoms with Crippen molar-refractivity contribution in [3.05, 3.63) is 87.6 Å². The van der Waals surface area contributed by atoms with Gasteiger partial charge >= 0.3 is 0 Å². The topological polar surface area (TPSA) is 80.0 Å². The zero-order valence-electron chi connectivity index (χ0n) is 20.0. The molecule has 1 amide bonds. The number of hydrogen-bond donors (Lipinski definition) is 1. The van der Waals surface area contributed by atoms with Gasteiger partial charge in [-0.2, -0.15) is 0 Å². The molecule has 1 saturated heterocycles. The van der Waals surface area contributed by atoms with E-state index in [9.17, 15) is 19.1 Å². The van der Waals surface area contributed by atoms with Crippen LogP contribution in [0.3, 0.4) is 0 Å². The molecular formula is C27H25ClFNO5. The average molecular weight is 498 g/mol. The number of nitrogens with zero attached hydrogens (tertiary/aromatic N) is 1. The fourth-order valence-electron chi connectivity index (χ4n) is 4.20. The third-order valence-electron chi connectivity index (χ3n) is 5.94. The number of aliphatic hydroxyl groups is 1. The number of ether oxygens (including phenoxy) is 1. The van der Waals surface area contributed by atoms with Gasteiger partial charge in [0.2, 0.25) is 0 Å². The predicted octanol–water partition coefficient (Wildman–Crippen LogP) is 6.31. The van der Waals surface area contributed by atoms with E-state index in [0.717, 1.165) is 16.5 Å². The molecule has 1 aromatic heterocycles. The number of methoxy groups -OCH3 is 1. The molecule has 1 aliphatic heterocycles. The monoisotopic (exact) mass is 497 g/mol. The van der Waals surface area contributed by atoms with Crippen molar-refractivity contribution in [2.75, 3.05) is 12.0 Å². The van der Waals surface area contributed by atoms with Crippen LogP contribution in [0.25, 0.3) is 5.76 Å². The van der Waals surface area contributed by atoms with Crippen LogP contribution in [0.15, 0.2) is 58.5 Å². The molecule has 1 unspecified atom stereocenters. The number of hydrogen-bond acceptors (Lipinski definition) is 5. The van der Waals surface area contributed by atoms with Gasteiger partial charge in [0.15, 0.2) is 0 Å². The first-order valence-corrected chi connectivity index (χ1v) is 11.3. The van der Waals surface area contributed by atoms with Crippen LogP contribution in [0.2, 0.25) is 5.02 Å². The Kier molecular flexibility index (Phi) is 6.23. The van der Waals surface area contributed by atoms with Crippen molar-refractivity contribution >= 4 is 34.7 Å². The molecule has 0 radical (unpaired) electrons. The van der Waals surface area contributed by atoms with Crippen molar-refractivity contribution in [3.8, 4) is 5.75 Å². The highest BCUT2D eigenvalue weighted by Gasteiger charge is 2.48. The Morgan fingerprint density at radius 1 is 1.11 bits per heavy atom. The normalized spacial score (nSPS) is 17.8. The molecule has 182 valence electrons. The second-order valence-corrected chi connectivity index (χ2v) is 9.79. The maximum Gasteiger partial charge on any atom is 0.300 e. The van der Waals surface area contributed by atoms with E-state index in [-0.39, 0.29) is 33.2 Å². The SMILES string of the molecule is COc1ccc(/C(O)=C2/C(=O)C(=O)N(c3ccc(F)c(Cl)c3)C2c2ccc(C)o2)cc1C(C)(C)C. The van der Waals surface area contributed by atoms with E-state index in [1.165, 1.54) is 12.1 Å². The van der Waals surface area contributed by atoms with Gasteiger partial charge in [-0.25, -0.2) is 4.39 Å². The van der Waals surface area contributed by atoms with Crippen LogP contribution in [0, 0.1) is 12.7 Å². The van der Waals surface area contributed by atoms with E-state index in [1.807, 2.05) is 20.8 Å². The van der Waals surface area contributed by atoms with E-state index in [1.54, 1.807) is 44.4 Å². The van der Waals surface area contributed by atoms with E-state index < -0.39 is 23.5 Å². The Bertz CT molecular complexity index is 1370. The lowest BCUT2D eigenvalue weighted by atomic mass is 9.84. The van der Waals surface area contributed by atoms with Crippen LogP contribution < -0.4 is 9.64 Å². The Hall–Kier alpha value is -3.58. The molecule has 8 heteroatoms. The lowest BCUT2D eigenvalue weighted by molar-refractivity contribution is -0.132. The quantitative estimate of drug-likeness (QED) is 0.259. The number of aliphatic hydroxyl groups excluding tert-OH is 1. The largest absolute Gasteiger partial charge is 0.507 e. The lowest BCUT2D eigenvalue weighted by Crippen LogP contribution is -2.29. The van der Waals surface area contributed by atoms with Crippen LogP contribution >= 0.6 is 11.6 Å². The molecule has 1 N–H and O–H groups in total. The van der Waals surface area contributed by atoms with Gasteiger partial charge in [0.1, 0.15) is 34.9 Å². The van der Waals surface area contributed by atoms with Crippen LogP contribution in [-0.2, 0) is 15.0 Å². The molecule has 1 fully saturated rings. The van der Waals surface area contributed by atoms with Gasteiger partial charge < -0.3 is 14.3 Å². The van der Waals surface area contributed by atoms with E-state index >= 15 is 0 Å². The number of amides is 1. The van der Waals surface area contributed by atoms with E-state index in [0.29, 0.717) is 17.1 Å². The van der Waals surface area contributed by atoms with Gasteiger partial charge in [0.25, 0.3) is 11.7 Å². The summed E-state index contributed by atoms with van der Waals surface area (Å²) in [5.74, 6) is -1.34. The molecule has 2 aromatic carbocycles. The number of carbonyl (C=O) groups is 2. The van der Waals surface area contributed by atoms with Crippen molar-refractivity contribution in [3.63, 3.8) is 0 Å².